The van der Waals surface area contributed by atoms with Crippen LogP contribution in [-0.2, 0) is 9.53 Å². The molecule has 0 bridgehead atoms. The van der Waals surface area contributed by atoms with Crippen molar-refractivity contribution < 1.29 is 9.53 Å². The summed E-state index contributed by atoms with van der Waals surface area (Å²) in [5, 5.41) is 0. The first-order valence-electron chi connectivity index (χ1n) is 7.11. The molecular formula is C16H23BrO2. The maximum absolute atomic E-state index is 11.8. The standard InChI is InChI=1S/C16H23BrO2/c1-2-3-4-5-6-10-13-19-16(18)15(17)14-11-8-7-9-12-14/h7-9,11-12,15H,2-6,10,13H2,1H3/t15-/m1/s1. The van der Waals surface area contributed by atoms with Crippen LogP contribution in [0.25, 0.3) is 0 Å². The van der Waals surface area contributed by atoms with Crippen molar-refractivity contribution in [2.24, 2.45) is 0 Å². The van der Waals surface area contributed by atoms with Crippen molar-refractivity contribution in [1.82, 2.24) is 0 Å². The molecule has 19 heavy (non-hydrogen) atoms. The average molecular weight is 327 g/mol. The summed E-state index contributed by atoms with van der Waals surface area (Å²) in [6.07, 6.45) is 7.20. The van der Waals surface area contributed by atoms with Crippen molar-refractivity contribution in [2.45, 2.75) is 50.3 Å². The highest BCUT2D eigenvalue weighted by molar-refractivity contribution is 9.09. The van der Waals surface area contributed by atoms with Gasteiger partial charge in [0.05, 0.1) is 6.61 Å². The Morgan fingerprint density at radius 1 is 1.11 bits per heavy atom. The van der Waals surface area contributed by atoms with Crippen molar-refractivity contribution >= 4 is 21.9 Å². The van der Waals surface area contributed by atoms with Crippen LogP contribution in [0.5, 0.6) is 0 Å². The Bertz CT molecular complexity index is 351. The van der Waals surface area contributed by atoms with Gasteiger partial charge in [-0.15, -0.1) is 0 Å². The van der Waals surface area contributed by atoms with E-state index in [1.165, 1.54) is 25.7 Å². The number of halogens is 1. The van der Waals surface area contributed by atoms with Gasteiger partial charge in [0.15, 0.2) is 0 Å². The van der Waals surface area contributed by atoms with Crippen LogP contribution in [-0.4, -0.2) is 12.6 Å². The fraction of sp³-hybridized carbons (Fsp3) is 0.562. The van der Waals surface area contributed by atoms with Crippen LogP contribution in [0.2, 0.25) is 0 Å². The van der Waals surface area contributed by atoms with Gasteiger partial charge < -0.3 is 4.74 Å². The van der Waals surface area contributed by atoms with Crippen LogP contribution in [0.1, 0.15) is 55.8 Å². The lowest BCUT2D eigenvalue weighted by molar-refractivity contribution is -0.143. The van der Waals surface area contributed by atoms with Gasteiger partial charge in [0.2, 0.25) is 0 Å². The Hall–Kier alpha value is -0.830. The molecule has 1 aromatic rings. The third-order valence-electron chi connectivity index (χ3n) is 3.04. The van der Waals surface area contributed by atoms with Crippen LogP contribution >= 0.6 is 15.9 Å². The lowest BCUT2D eigenvalue weighted by Crippen LogP contribution is -2.11. The lowest BCUT2D eigenvalue weighted by atomic mass is 10.1. The van der Waals surface area contributed by atoms with Gasteiger partial charge in [-0.05, 0) is 12.0 Å². The zero-order chi connectivity index (χ0) is 13.9. The molecule has 0 saturated heterocycles. The Morgan fingerprint density at radius 2 is 1.74 bits per heavy atom. The molecule has 0 amide bonds. The highest BCUT2D eigenvalue weighted by Crippen LogP contribution is 2.23. The molecule has 2 nitrogen and oxygen atoms in total. The molecule has 3 heteroatoms. The minimum Gasteiger partial charge on any atom is -0.465 e. The molecule has 0 radical (unpaired) electrons. The number of carbonyl (C=O) groups is 1. The third-order valence-corrected chi connectivity index (χ3v) is 3.94. The van der Waals surface area contributed by atoms with Crippen LogP contribution in [0.15, 0.2) is 30.3 Å². The molecule has 0 aromatic heterocycles. The third kappa shape index (κ3) is 6.76. The molecule has 106 valence electrons. The summed E-state index contributed by atoms with van der Waals surface area (Å²) in [6.45, 7) is 2.74. The largest absolute Gasteiger partial charge is 0.465 e. The van der Waals surface area contributed by atoms with E-state index in [4.69, 9.17) is 4.74 Å². The number of ether oxygens (including phenoxy) is 1. The average Bonchev–Trinajstić information content (AvgIpc) is 2.46. The highest BCUT2D eigenvalue weighted by atomic mass is 79.9. The molecule has 1 rings (SSSR count). The number of carbonyl (C=O) groups excluding carboxylic acids is 1. The fourth-order valence-corrected chi connectivity index (χ4v) is 2.32. The number of rotatable bonds is 9. The number of hydrogen-bond acceptors (Lipinski definition) is 2. The topological polar surface area (TPSA) is 26.3 Å². The smallest absolute Gasteiger partial charge is 0.324 e. The molecule has 1 atom stereocenters. The summed E-state index contributed by atoms with van der Waals surface area (Å²) in [5.74, 6) is -0.195. The van der Waals surface area contributed by atoms with E-state index in [1.54, 1.807) is 0 Å². The van der Waals surface area contributed by atoms with Crippen molar-refractivity contribution in [3.63, 3.8) is 0 Å². The van der Waals surface area contributed by atoms with E-state index in [9.17, 15) is 4.79 Å². The van der Waals surface area contributed by atoms with E-state index in [-0.39, 0.29) is 10.8 Å². The van der Waals surface area contributed by atoms with E-state index in [0.717, 1.165) is 18.4 Å². The lowest BCUT2D eigenvalue weighted by Gasteiger charge is -2.10. The van der Waals surface area contributed by atoms with Crippen molar-refractivity contribution in [3.8, 4) is 0 Å². The maximum atomic E-state index is 11.8. The molecule has 0 heterocycles. The molecule has 0 saturated carbocycles. The van der Waals surface area contributed by atoms with Gasteiger partial charge in [0.25, 0.3) is 0 Å². The molecule has 0 aliphatic rings. The minimum atomic E-state index is -0.353. The highest BCUT2D eigenvalue weighted by Gasteiger charge is 2.17. The van der Waals surface area contributed by atoms with E-state index < -0.39 is 0 Å². The number of hydrogen-bond donors (Lipinski definition) is 0. The molecule has 0 N–H and O–H groups in total. The first-order chi connectivity index (χ1) is 9.25. The molecule has 0 unspecified atom stereocenters. The summed E-state index contributed by atoms with van der Waals surface area (Å²) >= 11 is 3.38. The fourth-order valence-electron chi connectivity index (χ4n) is 1.89. The summed E-state index contributed by atoms with van der Waals surface area (Å²) in [5.41, 5.74) is 0.940. The van der Waals surface area contributed by atoms with Gasteiger partial charge in [0.1, 0.15) is 4.83 Å². The number of benzene rings is 1. The van der Waals surface area contributed by atoms with Crippen LogP contribution in [0.4, 0.5) is 0 Å². The molecule has 0 fully saturated rings. The van der Waals surface area contributed by atoms with Gasteiger partial charge in [-0.3, -0.25) is 4.79 Å². The van der Waals surface area contributed by atoms with Crippen molar-refractivity contribution in [1.29, 1.82) is 0 Å². The van der Waals surface area contributed by atoms with E-state index >= 15 is 0 Å². The summed E-state index contributed by atoms with van der Waals surface area (Å²) in [7, 11) is 0. The van der Waals surface area contributed by atoms with Crippen LogP contribution in [0.3, 0.4) is 0 Å². The Labute approximate surface area is 124 Å². The van der Waals surface area contributed by atoms with Crippen molar-refractivity contribution in [2.75, 3.05) is 6.61 Å². The second kappa shape index (κ2) is 10.0. The predicted octanol–water partition coefficient (Wildman–Crippen LogP) is 5.03. The number of esters is 1. The second-order valence-electron chi connectivity index (χ2n) is 4.71. The predicted molar refractivity (Wildman–Crippen MR) is 82.4 cm³/mol. The van der Waals surface area contributed by atoms with Gasteiger partial charge in [-0.25, -0.2) is 0 Å². The molecular weight excluding hydrogens is 304 g/mol. The van der Waals surface area contributed by atoms with Crippen molar-refractivity contribution in [3.05, 3.63) is 35.9 Å². The van der Waals surface area contributed by atoms with Gasteiger partial charge in [0, 0.05) is 0 Å². The van der Waals surface area contributed by atoms with Crippen LogP contribution < -0.4 is 0 Å². The maximum Gasteiger partial charge on any atom is 0.324 e. The van der Waals surface area contributed by atoms with Crippen LogP contribution in [0, 0.1) is 0 Å². The van der Waals surface area contributed by atoms with E-state index in [1.807, 2.05) is 30.3 Å². The second-order valence-corrected chi connectivity index (χ2v) is 5.62. The molecule has 0 aliphatic carbocycles. The first-order valence-corrected chi connectivity index (χ1v) is 8.03. The Kier molecular flexibility index (Phi) is 8.55. The van der Waals surface area contributed by atoms with Gasteiger partial charge in [-0.1, -0.05) is 85.3 Å². The normalized spacial score (nSPS) is 12.1. The Morgan fingerprint density at radius 3 is 2.42 bits per heavy atom. The molecule has 0 spiro atoms. The SMILES string of the molecule is CCCCCCCCOC(=O)[C@H](Br)c1ccccc1. The van der Waals surface area contributed by atoms with Gasteiger partial charge in [-0.2, -0.15) is 0 Å². The quantitative estimate of drug-likeness (QED) is 0.361. The molecule has 1 aromatic carbocycles. The summed E-state index contributed by atoms with van der Waals surface area (Å²) in [4.78, 5) is 11.5. The zero-order valence-electron chi connectivity index (χ0n) is 11.6. The monoisotopic (exact) mass is 326 g/mol. The zero-order valence-corrected chi connectivity index (χ0v) is 13.2. The number of alkyl halides is 1. The molecule has 0 aliphatic heterocycles. The first kappa shape index (κ1) is 16.2. The summed E-state index contributed by atoms with van der Waals surface area (Å²) in [6, 6.07) is 9.62. The Balaban J connectivity index is 2.14. The van der Waals surface area contributed by atoms with Gasteiger partial charge >= 0.3 is 5.97 Å². The summed E-state index contributed by atoms with van der Waals surface area (Å²) < 4.78 is 5.28. The van der Waals surface area contributed by atoms with E-state index in [0.29, 0.717) is 6.61 Å². The minimum absolute atomic E-state index is 0.195. The number of unbranched alkanes of at least 4 members (excludes halogenated alkanes) is 5. The van der Waals surface area contributed by atoms with E-state index in [2.05, 4.69) is 22.9 Å².